The smallest absolute Gasteiger partial charge is 0.308 e. The number of carboxylic acid groups (broad SMARTS) is 1. The van der Waals surface area contributed by atoms with E-state index in [4.69, 9.17) is 5.11 Å². The Hall–Kier alpha value is -0.570. The third-order valence-electron chi connectivity index (χ3n) is 2.38. The van der Waals surface area contributed by atoms with E-state index in [0.717, 1.165) is 12.8 Å². The minimum Gasteiger partial charge on any atom is -0.481 e. The van der Waals surface area contributed by atoms with Crippen molar-refractivity contribution in [2.24, 2.45) is 5.92 Å². The van der Waals surface area contributed by atoms with E-state index in [9.17, 15) is 4.79 Å². The van der Waals surface area contributed by atoms with Crippen LogP contribution in [0.15, 0.2) is 0 Å². The van der Waals surface area contributed by atoms with Crippen molar-refractivity contribution in [1.29, 1.82) is 0 Å². The summed E-state index contributed by atoms with van der Waals surface area (Å²) in [4.78, 5) is 10.6. The van der Waals surface area contributed by atoms with Gasteiger partial charge in [-0.2, -0.15) is 0 Å². The average Bonchev–Trinajstić information content (AvgIpc) is 1.85. The summed E-state index contributed by atoms with van der Waals surface area (Å²) in [7, 11) is 0. The van der Waals surface area contributed by atoms with Gasteiger partial charge in [0.25, 0.3) is 0 Å². The van der Waals surface area contributed by atoms with Gasteiger partial charge in [-0.05, 0) is 26.7 Å². The van der Waals surface area contributed by atoms with Crippen LogP contribution in [-0.4, -0.2) is 23.2 Å². The Morgan fingerprint density at radius 3 is 2.55 bits per heavy atom. The molecule has 2 N–H and O–H groups in total. The highest BCUT2D eigenvalue weighted by molar-refractivity contribution is 5.70. The van der Waals surface area contributed by atoms with Crippen molar-refractivity contribution in [2.75, 3.05) is 0 Å². The molecule has 3 heteroatoms. The molecule has 3 nitrogen and oxygen atoms in total. The van der Waals surface area contributed by atoms with Crippen molar-refractivity contribution in [3.63, 3.8) is 0 Å². The molecule has 0 aromatic heterocycles. The minimum atomic E-state index is -0.670. The number of hydrogen-bond donors (Lipinski definition) is 2. The lowest BCUT2D eigenvalue weighted by Gasteiger charge is -2.31. The maximum Gasteiger partial charge on any atom is 0.308 e. The molecule has 1 rings (SSSR count). The van der Waals surface area contributed by atoms with E-state index in [1.54, 1.807) is 0 Å². The van der Waals surface area contributed by atoms with Crippen molar-refractivity contribution in [1.82, 2.24) is 5.32 Å². The Balaban J connectivity index is 2.50. The highest BCUT2D eigenvalue weighted by Gasteiger charge is 2.29. The average molecular weight is 157 g/mol. The highest BCUT2D eigenvalue weighted by Crippen LogP contribution is 2.19. The van der Waals surface area contributed by atoms with Crippen LogP contribution in [0.3, 0.4) is 0 Å². The fourth-order valence-corrected chi connectivity index (χ4v) is 1.67. The zero-order valence-corrected chi connectivity index (χ0v) is 7.00. The molecule has 1 heterocycles. The second kappa shape index (κ2) is 3.22. The molecule has 0 radical (unpaired) electrons. The van der Waals surface area contributed by atoms with E-state index in [1.807, 2.05) is 6.92 Å². The first kappa shape index (κ1) is 8.53. The van der Waals surface area contributed by atoms with Crippen molar-refractivity contribution in [2.45, 2.75) is 38.8 Å². The van der Waals surface area contributed by atoms with Gasteiger partial charge in [-0.15, -0.1) is 0 Å². The summed E-state index contributed by atoms with van der Waals surface area (Å²) in [6.07, 6.45) is 1.78. The molecule has 0 aliphatic carbocycles. The molecule has 0 unspecified atom stereocenters. The van der Waals surface area contributed by atoms with Crippen LogP contribution >= 0.6 is 0 Å². The summed E-state index contributed by atoms with van der Waals surface area (Å²) in [6, 6.07) is 0.594. The van der Waals surface area contributed by atoms with Crippen LogP contribution in [-0.2, 0) is 4.79 Å². The van der Waals surface area contributed by atoms with Crippen molar-refractivity contribution in [3.8, 4) is 0 Å². The first-order valence-electron chi connectivity index (χ1n) is 4.10. The third kappa shape index (κ3) is 1.93. The van der Waals surface area contributed by atoms with Crippen LogP contribution in [0.1, 0.15) is 26.7 Å². The molecular weight excluding hydrogens is 142 g/mol. The van der Waals surface area contributed by atoms with Gasteiger partial charge in [-0.3, -0.25) is 4.79 Å². The maximum atomic E-state index is 10.6. The summed E-state index contributed by atoms with van der Waals surface area (Å²) < 4.78 is 0. The predicted octanol–water partition coefficient (Wildman–Crippen LogP) is 0.848. The lowest BCUT2D eigenvalue weighted by Crippen LogP contribution is -2.47. The number of rotatable bonds is 1. The number of hydrogen-bond acceptors (Lipinski definition) is 2. The van der Waals surface area contributed by atoms with E-state index >= 15 is 0 Å². The molecule has 0 aromatic carbocycles. The standard InChI is InChI=1S/C8H15NO2/c1-5-3-4-7(8(10)11)6(2)9-5/h5-7,9H,3-4H2,1-2H3,(H,10,11)/t5-,6+,7+/m1/s1. The fourth-order valence-electron chi connectivity index (χ4n) is 1.67. The van der Waals surface area contributed by atoms with Crippen molar-refractivity contribution >= 4 is 5.97 Å². The van der Waals surface area contributed by atoms with Gasteiger partial charge in [0.2, 0.25) is 0 Å². The van der Waals surface area contributed by atoms with E-state index in [1.165, 1.54) is 0 Å². The lowest BCUT2D eigenvalue weighted by molar-refractivity contribution is -0.143. The summed E-state index contributed by atoms with van der Waals surface area (Å²) in [5.74, 6) is -0.858. The molecule has 1 saturated heterocycles. The quantitative estimate of drug-likeness (QED) is 0.593. The molecule has 0 spiro atoms. The predicted molar refractivity (Wildman–Crippen MR) is 42.4 cm³/mol. The Kier molecular flexibility index (Phi) is 2.49. The van der Waals surface area contributed by atoms with Gasteiger partial charge in [0.15, 0.2) is 0 Å². The third-order valence-corrected chi connectivity index (χ3v) is 2.38. The first-order chi connectivity index (χ1) is 5.11. The van der Waals surface area contributed by atoms with Gasteiger partial charge in [0, 0.05) is 12.1 Å². The van der Waals surface area contributed by atoms with Crippen LogP contribution in [0.5, 0.6) is 0 Å². The molecule has 0 amide bonds. The molecule has 0 bridgehead atoms. The Morgan fingerprint density at radius 2 is 2.09 bits per heavy atom. The van der Waals surface area contributed by atoms with Crippen LogP contribution in [0.25, 0.3) is 0 Å². The fraction of sp³-hybridized carbons (Fsp3) is 0.875. The number of carboxylic acids is 1. The summed E-state index contributed by atoms with van der Waals surface area (Å²) in [5, 5.41) is 12.0. The minimum absolute atomic E-state index is 0.122. The summed E-state index contributed by atoms with van der Waals surface area (Å²) in [5.41, 5.74) is 0. The number of carbonyl (C=O) groups is 1. The highest BCUT2D eigenvalue weighted by atomic mass is 16.4. The van der Waals surface area contributed by atoms with Crippen LogP contribution < -0.4 is 5.32 Å². The molecule has 64 valence electrons. The van der Waals surface area contributed by atoms with Gasteiger partial charge < -0.3 is 10.4 Å². The van der Waals surface area contributed by atoms with Gasteiger partial charge in [0.05, 0.1) is 5.92 Å². The zero-order chi connectivity index (χ0) is 8.43. The lowest BCUT2D eigenvalue weighted by atomic mass is 9.89. The van der Waals surface area contributed by atoms with E-state index < -0.39 is 5.97 Å². The molecule has 0 saturated carbocycles. The monoisotopic (exact) mass is 157 g/mol. The van der Waals surface area contributed by atoms with Crippen molar-refractivity contribution in [3.05, 3.63) is 0 Å². The van der Waals surface area contributed by atoms with Crippen LogP contribution in [0, 0.1) is 5.92 Å². The van der Waals surface area contributed by atoms with Crippen LogP contribution in [0.4, 0.5) is 0 Å². The Labute approximate surface area is 66.8 Å². The molecular formula is C8H15NO2. The summed E-state index contributed by atoms with van der Waals surface area (Å²) in [6.45, 7) is 4.03. The Bertz CT molecular complexity index is 158. The zero-order valence-electron chi connectivity index (χ0n) is 7.00. The summed E-state index contributed by atoms with van der Waals surface area (Å²) >= 11 is 0. The molecule has 1 aliphatic heterocycles. The Morgan fingerprint density at radius 1 is 1.45 bits per heavy atom. The van der Waals surface area contributed by atoms with E-state index in [-0.39, 0.29) is 12.0 Å². The van der Waals surface area contributed by atoms with E-state index in [2.05, 4.69) is 12.2 Å². The van der Waals surface area contributed by atoms with Gasteiger partial charge in [-0.1, -0.05) is 0 Å². The molecule has 11 heavy (non-hydrogen) atoms. The maximum absolute atomic E-state index is 10.6. The number of nitrogens with one attached hydrogen (secondary N) is 1. The molecule has 1 aliphatic rings. The molecule has 1 fully saturated rings. The SMILES string of the molecule is C[C@@H]1CC[C@H](C(=O)O)[C@H](C)N1. The normalized spacial score (nSPS) is 38.5. The van der Waals surface area contributed by atoms with Gasteiger partial charge >= 0.3 is 5.97 Å². The van der Waals surface area contributed by atoms with Crippen LogP contribution in [0.2, 0.25) is 0 Å². The molecule has 3 atom stereocenters. The van der Waals surface area contributed by atoms with Crippen molar-refractivity contribution < 1.29 is 9.90 Å². The molecule has 0 aromatic rings. The second-order valence-electron chi connectivity index (χ2n) is 3.38. The number of aliphatic carboxylic acids is 1. The second-order valence-corrected chi connectivity index (χ2v) is 3.38. The largest absolute Gasteiger partial charge is 0.481 e. The van der Waals surface area contributed by atoms with Gasteiger partial charge in [-0.25, -0.2) is 0 Å². The van der Waals surface area contributed by atoms with E-state index in [0.29, 0.717) is 6.04 Å². The number of piperidine rings is 1. The van der Waals surface area contributed by atoms with Gasteiger partial charge in [0.1, 0.15) is 0 Å². The topological polar surface area (TPSA) is 49.3 Å². The first-order valence-corrected chi connectivity index (χ1v) is 4.10.